The summed E-state index contributed by atoms with van der Waals surface area (Å²) in [6.07, 6.45) is 41.0. The fourth-order valence-electron chi connectivity index (χ4n) is 7.91. The van der Waals surface area contributed by atoms with Gasteiger partial charge in [-0.25, -0.2) is 0 Å². The Balaban J connectivity index is 4.36. The summed E-state index contributed by atoms with van der Waals surface area (Å²) < 4.78 is 0. The number of carbonyl (C=O) groups is 2. The van der Waals surface area contributed by atoms with E-state index >= 15 is 0 Å². The van der Waals surface area contributed by atoms with E-state index in [0.717, 1.165) is 84.1 Å². The van der Waals surface area contributed by atoms with Gasteiger partial charge >= 0.3 is 0 Å². The van der Waals surface area contributed by atoms with Crippen LogP contribution < -0.4 is 10.6 Å². The number of hydrogen-bond donors (Lipinski definition) is 3. The summed E-state index contributed by atoms with van der Waals surface area (Å²) in [7, 11) is 0. The number of aliphatic hydroxyl groups excluding tert-OH is 1. The van der Waals surface area contributed by atoms with Crippen molar-refractivity contribution >= 4 is 11.8 Å². The fourth-order valence-corrected chi connectivity index (χ4v) is 7.91. The van der Waals surface area contributed by atoms with Gasteiger partial charge in [0.05, 0.1) is 0 Å². The topological polar surface area (TPSA) is 81.7 Å². The molecule has 6 heteroatoms. The average molecular weight is 764 g/mol. The highest BCUT2D eigenvalue weighted by atomic mass is 16.3. The number of nitrogens with zero attached hydrogens (tertiary/aromatic N) is 1. The molecular weight excluding hydrogens is 667 g/mol. The zero-order valence-electron chi connectivity index (χ0n) is 37.1. The lowest BCUT2D eigenvalue weighted by Crippen LogP contribution is -2.31. The summed E-state index contributed by atoms with van der Waals surface area (Å²) in [5, 5.41) is 16.0. The summed E-state index contributed by atoms with van der Waals surface area (Å²) in [6.45, 7) is 14.3. The van der Waals surface area contributed by atoms with Crippen LogP contribution in [-0.4, -0.2) is 61.2 Å². The SMILES string of the molecule is CCCCCCCCC(CCCCCC)C(=O)NCCCCCCN(CCCCO)CCCCCCNC(=O)C(CCCCCC)CCCCCCCC. The fraction of sp³-hybridized carbons (Fsp3) is 0.958. The number of carbonyl (C=O) groups excluding carboxylic acids is 2. The van der Waals surface area contributed by atoms with Crippen LogP contribution in [-0.2, 0) is 9.59 Å². The molecule has 6 nitrogen and oxygen atoms in total. The second-order valence-electron chi connectivity index (χ2n) is 16.9. The number of amides is 2. The van der Waals surface area contributed by atoms with Crippen molar-refractivity contribution in [2.75, 3.05) is 39.3 Å². The molecule has 0 aromatic carbocycles. The zero-order valence-corrected chi connectivity index (χ0v) is 37.1. The van der Waals surface area contributed by atoms with Gasteiger partial charge in [0.2, 0.25) is 11.8 Å². The Labute approximate surface area is 338 Å². The minimum absolute atomic E-state index is 0.205. The van der Waals surface area contributed by atoms with Gasteiger partial charge in [0.25, 0.3) is 0 Å². The molecule has 0 aliphatic carbocycles. The summed E-state index contributed by atoms with van der Waals surface area (Å²) in [4.78, 5) is 28.8. The summed E-state index contributed by atoms with van der Waals surface area (Å²) in [5.74, 6) is 1.03. The summed E-state index contributed by atoms with van der Waals surface area (Å²) >= 11 is 0. The van der Waals surface area contributed by atoms with E-state index in [1.165, 1.54) is 167 Å². The van der Waals surface area contributed by atoms with Crippen molar-refractivity contribution in [3.05, 3.63) is 0 Å². The van der Waals surface area contributed by atoms with Gasteiger partial charge in [0, 0.05) is 31.5 Å². The van der Waals surface area contributed by atoms with E-state index in [4.69, 9.17) is 0 Å². The second kappa shape index (κ2) is 43.0. The molecule has 0 rings (SSSR count). The van der Waals surface area contributed by atoms with Crippen molar-refractivity contribution in [2.45, 2.75) is 246 Å². The van der Waals surface area contributed by atoms with Crippen LogP contribution in [0, 0.1) is 11.8 Å². The van der Waals surface area contributed by atoms with Gasteiger partial charge in [-0.2, -0.15) is 0 Å². The molecule has 54 heavy (non-hydrogen) atoms. The third-order valence-corrected chi connectivity index (χ3v) is 11.6. The Hall–Kier alpha value is -1.14. The molecular formula is C48H97N3O3. The molecule has 322 valence electrons. The summed E-state index contributed by atoms with van der Waals surface area (Å²) in [5.41, 5.74) is 0. The monoisotopic (exact) mass is 764 g/mol. The Morgan fingerprint density at radius 2 is 0.667 bits per heavy atom. The van der Waals surface area contributed by atoms with Crippen LogP contribution >= 0.6 is 0 Å². The van der Waals surface area contributed by atoms with E-state index in [9.17, 15) is 14.7 Å². The number of unbranched alkanes of at least 4 members (excludes halogenated alkanes) is 23. The third-order valence-electron chi connectivity index (χ3n) is 11.6. The van der Waals surface area contributed by atoms with E-state index in [1.807, 2.05) is 0 Å². The molecule has 0 aliphatic heterocycles. The standard InChI is InChI=1S/C48H97N3O3/c1-5-9-13-17-19-27-37-45(35-25-15-11-7-3)47(53)49-39-29-21-23-31-41-51(43-33-34-44-52)42-32-24-22-30-40-50-48(54)46(36-26-16-12-8-4)38-28-20-18-14-10-6-2/h45-46,52H,5-44H2,1-4H3,(H,49,53)(H,50,54). The van der Waals surface area contributed by atoms with E-state index in [0.29, 0.717) is 11.8 Å². The predicted octanol–water partition coefficient (Wildman–Crippen LogP) is 13.1. The molecule has 0 aromatic heterocycles. The van der Waals surface area contributed by atoms with Gasteiger partial charge in [0.15, 0.2) is 0 Å². The maximum absolute atomic E-state index is 13.1. The Kier molecular flexibility index (Phi) is 42.1. The largest absolute Gasteiger partial charge is 0.396 e. The van der Waals surface area contributed by atoms with Crippen molar-refractivity contribution in [1.29, 1.82) is 0 Å². The smallest absolute Gasteiger partial charge is 0.223 e. The van der Waals surface area contributed by atoms with Crippen molar-refractivity contribution in [3.8, 4) is 0 Å². The maximum Gasteiger partial charge on any atom is 0.223 e. The number of nitrogens with one attached hydrogen (secondary N) is 2. The highest BCUT2D eigenvalue weighted by molar-refractivity contribution is 5.78. The highest BCUT2D eigenvalue weighted by Crippen LogP contribution is 2.21. The Bertz CT molecular complexity index is 720. The molecule has 0 spiro atoms. The van der Waals surface area contributed by atoms with Crippen LogP contribution in [0.1, 0.15) is 246 Å². The quantitative estimate of drug-likeness (QED) is 0.0540. The lowest BCUT2D eigenvalue weighted by molar-refractivity contribution is -0.126. The van der Waals surface area contributed by atoms with Crippen LogP contribution in [0.3, 0.4) is 0 Å². The Morgan fingerprint density at radius 3 is 1.02 bits per heavy atom. The van der Waals surface area contributed by atoms with Crippen molar-refractivity contribution < 1.29 is 14.7 Å². The van der Waals surface area contributed by atoms with Crippen LogP contribution in [0.5, 0.6) is 0 Å². The van der Waals surface area contributed by atoms with Crippen LogP contribution in [0.15, 0.2) is 0 Å². The average Bonchev–Trinajstić information content (AvgIpc) is 3.17. The van der Waals surface area contributed by atoms with Crippen molar-refractivity contribution in [3.63, 3.8) is 0 Å². The minimum Gasteiger partial charge on any atom is -0.396 e. The molecule has 0 radical (unpaired) electrons. The molecule has 0 fully saturated rings. The van der Waals surface area contributed by atoms with E-state index in [2.05, 4.69) is 43.2 Å². The molecule has 0 aromatic rings. The van der Waals surface area contributed by atoms with Gasteiger partial charge < -0.3 is 20.6 Å². The van der Waals surface area contributed by atoms with Crippen molar-refractivity contribution in [1.82, 2.24) is 15.5 Å². The lowest BCUT2D eigenvalue weighted by Gasteiger charge is -2.22. The first-order chi connectivity index (χ1) is 26.5. The summed E-state index contributed by atoms with van der Waals surface area (Å²) in [6, 6.07) is 0. The predicted molar refractivity (Wildman–Crippen MR) is 236 cm³/mol. The van der Waals surface area contributed by atoms with Gasteiger partial charge in [-0.05, 0) is 83.8 Å². The highest BCUT2D eigenvalue weighted by Gasteiger charge is 2.18. The van der Waals surface area contributed by atoms with Crippen LogP contribution in [0.4, 0.5) is 0 Å². The first kappa shape index (κ1) is 52.9. The van der Waals surface area contributed by atoms with E-state index in [1.54, 1.807) is 0 Å². The molecule has 2 unspecified atom stereocenters. The molecule has 0 bridgehead atoms. The first-order valence-corrected chi connectivity index (χ1v) is 24.4. The van der Waals surface area contributed by atoms with Gasteiger partial charge in [-0.15, -0.1) is 0 Å². The molecule has 2 atom stereocenters. The molecule has 0 saturated heterocycles. The van der Waals surface area contributed by atoms with E-state index in [-0.39, 0.29) is 18.4 Å². The number of hydrogen-bond acceptors (Lipinski definition) is 4. The first-order valence-electron chi connectivity index (χ1n) is 24.4. The molecule has 2 amide bonds. The molecule has 3 N–H and O–H groups in total. The number of aliphatic hydroxyl groups is 1. The van der Waals surface area contributed by atoms with Crippen molar-refractivity contribution in [2.24, 2.45) is 11.8 Å². The maximum atomic E-state index is 13.1. The lowest BCUT2D eigenvalue weighted by atomic mass is 9.93. The molecule has 0 heterocycles. The van der Waals surface area contributed by atoms with Crippen LogP contribution in [0.2, 0.25) is 0 Å². The number of rotatable bonds is 44. The second-order valence-corrected chi connectivity index (χ2v) is 16.9. The van der Waals surface area contributed by atoms with Gasteiger partial charge in [0.1, 0.15) is 0 Å². The molecule has 0 saturated carbocycles. The van der Waals surface area contributed by atoms with Gasteiger partial charge in [-0.1, -0.05) is 182 Å². The normalized spacial score (nSPS) is 12.7. The van der Waals surface area contributed by atoms with Gasteiger partial charge in [-0.3, -0.25) is 9.59 Å². The Morgan fingerprint density at radius 1 is 0.389 bits per heavy atom. The zero-order chi connectivity index (χ0) is 39.6. The third kappa shape index (κ3) is 35.3. The van der Waals surface area contributed by atoms with Crippen LogP contribution in [0.25, 0.3) is 0 Å². The molecule has 0 aliphatic rings. The minimum atomic E-state index is 0.205. The van der Waals surface area contributed by atoms with E-state index < -0.39 is 0 Å².